The summed E-state index contributed by atoms with van der Waals surface area (Å²) in [4.78, 5) is 11.1. The van der Waals surface area contributed by atoms with Crippen LogP contribution in [0.5, 0.6) is 0 Å². The Balaban J connectivity index is 1.57. The zero-order valence-electron chi connectivity index (χ0n) is 18.3. The highest BCUT2D eigenvalue weighted by Gasteiger charge is 2.64. The van der Waals surface area contributed by atoms with Crippen LogP contribution in [0.15, 0.2) is 0 Å². The topological polar surface area (TPSA) is 98.0 Å². The van der Waals surface area contributed by atoms with E-state index in [1.54, 1.807) is 0 Å². The lowest BCUT2D eigenvalue weighted by Crippen LogP contribution is -2.62. The molecule has 4 N–H and O–H groups in total. The van der Waals surface area contributed by atoms with Crippen molar-refractivity contribution in [3.8, 4) is 0 Å². The molecule has 4 aliphatic carbocycles. The van der Waals surface area contributed by atoms with Gasteiger partial charge in [-0.2, -0.15) is 0 Å². The molecule has 5 heteroatoms. The highest BCUT2D eigenvalue weighted by molar-refractivity contribution is 5.66. The minimum atomic E-state index is -0.718. The van der Waals surface area contributed by atoms with E-state index in [2.05, 4.69) is 20.8 Å². The fourth-order valence-corrected chi connectivity index (χ4v) is 8.79. The van der Waals surface area contributed by atoms with Gasteiger partial charge in [-0.15, -0.1) is 0 Å². The minimum Gasteiger partial charge on any atom is -0.481 e. The first-order chi connectivity index (χ1) is 13.6. The third-order valence-corrected chi connectivity index (χ3v) is 10.3. The van der Waals surface area contributed by atoms with Crippen LogP contribution in [0.2, 0.25) is 0 Å². The number of carboxylic acids is 1. The summed E-state index contributed by atoms with van der Waals surface area (Å²) < 4.78 is 0. The Morgan fingerprint density at radius 1 is 0.931 bits per heavy atom. The Hall–Kier alpha value is -0.650. The van der Waals surface area contributed by atoms with Gasteiger partial charge in [0.25, 0.3) is 0 Å². The van der Waals surface area contributed by atoms with Crippen LogP contribution in [0.25, 0.3) is 0 Å². The van der Waals surface area contributed by atoms with Crippen molar-refractivity contribution >= 4 is 5.97 Å². The third-order valence-electron chi connectivity index (χ3n) is 10.3. The van der Waals surface area contributed by atoms with Gasteiger partial charge in [0.05, 0.1) is 18.3 Å². The van der Waals surface area contributed by atoms with Gasteiger partial charge in [-0.1, -0.05) is 20.8 Å². The lowest BCUT2D eigenvalue weighted by Gasteiger charge is -2.63. The van der Waals surface area contributed by atoms with Crippen LogP contribution in [0.1, 0.15) is 78.6 Å². The van der Waals surface area contributed by atoms with E-state index in [0.717, 1.165) is 38.5 Å². The molecule has 4 saturated carbocycles. The van der Waals surface area contributed by atoms with Crippen LogP contribution in [0, 0.1) is 46.3 Å². The fraction of sp³-hybridized carbons (Fsp3) is 0.958. The highest BCUT2D eigenvalue weighted by Crippen LogP contribution is 2.68. The highest BCUT2D eigenvalue weighted by atomic mass is 16.4. The van der Waals surface area contributed by atoms with Gasteiger partial charge >= 0.3 is 5.97 Å². The zero-order valence-corrected chi connectivity index (χ0v) is 18.3. The van der Waals surface area contributed by atoms with E-state index in [1.807, 2.05) is 0 Å². The summed E-state index contributed by atoms with van der Waals surface area (Å²) in [5.41, 5.74) is 0.174. The maximum atomic E-state index is 11.3. The molecule has 0 aliphatic heterocycles. The molecule has 0 spiro atoms. The summed E-state index contributed by atoms with van der Waals surface area (Å²) in [7, 11) is 0. The second kappa shape index (κ2) is 7.49. The minimum absolute atomic E-state index is 0.00309. The van der Waals surface area contributed by atoms with Gasteiger partial charge in [0, 0.05) is 6.42 Å². The lowest BCUT2D eigenvalue weighted by molar-refractivity contribution is -0.206. The van der Waals surface area contributed by atoms with Gasteiger partial charge in [-0.05, 0) is 97.7 Å². The summed E-state index contributed by atoms with van der Waals surface area (Å²) in [6, 6.07) is 0. The average Bonchev–Trinajstić information content (AvgIpc) is 3.02. The quantitative estimate of drug-likeness (QED) is 0.571. The maximum Gasteiger partial charge on any atom is 0.303 e. The van der Waals surface area contributed by atoms with Crippen molar-refractivity contribution in [3.63, 3.8) is 0 Å². The van der Waals surface area contributed by atoms with Crippen molar-refractivity contribution in [3.05, 3.63) is 0 Å². The van der Waals surface area contributed by atoms with Crippen molar-refractivity contribution in [2.45, 2.75) is 96.9 Å². The SMILES string of the molecule is C[C@H](CCC(=O)O)[C@H]1CC[C@H]2C3[C@H](O)C[C@@H]4[C@@H](O)[C@H](O)CC[C@]4(C)[C@H]3CC[C@]12C. The van der Waals surface area contributed by atoms with Crippen LogP contribution in [-0.4, -0.2) is 44.7 Å². The number of rotatable bonds is 4. The Kier molecular flexibility index (Phi) is 5.57. The van der Waals surface area contributed by atoms with E-state index in [1.165, 1.54) is 0 Å². The first kappa shape index (κ1) is 21.6. The van der Waals surface area contributed by atoms with Crippen LogP contribution in [-0.2, 0) is 4.79 Å². The van der Waals surface area contributed by atoms with Crippen molar-refractivity contribution < 1.29 is 25.2 Å². The van der Waals surface area contributed by atoms with Gasteiger partial charge in [0.2, 0.25) is 0 Å². The molecule has 0 aromatic heterocycles. The molecule has 4 rings (SSSR count). The fourth-order valence-electron chi connectivity index (χ4n) is 8.79. The smallest absolute Gasteiger partial charge is 0.303 e. The largest absolute Gasteiger partial charge is 0.481 e. The van der Waals surface area contributed by atoms with Crippen molar-refractivity contribution in [2.24, 2.45) is 46.3 Å². The van der Waals surface area contributed by atoms with Crippen LogP contribution in [0.4, 0.5) is 0 Å². The third kappa shape index (κ3) is 3.27. The lowest BCUT2D eigenvalue weighted by atomic mass is 9.43. The normalized spacial score (nSPS) is 52.9. The maximum absolute atomic E-state index is 11.3. The predicted molar refractivity (Wildman–Crippen MR) is 110 cm³/mol. The summed E-state index contributed by atoms with van der Waals surface area (Å²) in [5.74, 6) is 1.37. The van der Waals surface area contributed by atoms with Gasteiger partial charge in [0.1, 0.15) is 0 Å². The number of aliphatic hydroxyl groups is 3. The number of aliphatic hydroxyl groups excluding tert-OH is 3. The van der Waals surface area contributed by atoms with Crippen LogP contribution < -0.4 is 0 Å². The van der Waals surface area contributed by atoms with E-state index in [-0.39, 0.29) is 29.1 Å². The standard InChI is InChI=1S/C24H40O5/c1-13(4-7-20(27)28)14-5-6-15-21-16(8-10-23(14,15)2)24(3)11-9-18(25)22(29)17(24)12-19(21)26/h13-19,21-22,25-26,29H,4-12H2,1-3H3,(H,27,28)/t13-,14-,15+,16+,17-,18-,19-,21?,22-,23-,24-/m1/s1. The molecule has 11 atom stereocenters. The predicted octanol–water partition coefficient (Wildman–Crippen LogP) is 3.45. The molecule has 0 saturated heterocycles. The first-order valence-corrected chi connectivity index (χ1v) is 11.9. The van der Waals surface area contributed by atoms with Gasteiger partial charge in [-0.25, -0.2) is 0 Å². The zero-order chi connectivity index (χ0) is 21.1. The van der Waals surface area contributed by atoms with E-state index >= 15 is 0 Å². The number of carboxylic acid groups (broad SMARTS) is 1. The first-order valence-electron chi connectivity index (χ1n) is 11.9. The molecule has 5 nitrogen and oxygen atoms in total. The van der Waals surface area contributed by atoms with Crippen molar-refractivity contribution in [2.75, 3.05) is 0 Å². The van der Waals surface area contributed by atoms with Crippen LogP contribution in [0.3, 0.4) is 0 Å². The molecule has 0 aromatic carbocycles. The molecule has 0 aromatic rings. The van der Waals surface area contributed by atoms with Crippen molar-refractivity contribution in [1.82, 2.24) is 0 Å². The molecular weight excluding hydrogens is 368 g/mol. The second-order valence-corrected chi connectivity index (χ2v) is 11.4. The summed E-state index contributed by atoms with van der Waals surface area (Å²) in [6.45, 7) is 6.94. The van der Waals surface area contributed by atoms with Crippen LogP contribution >= 0.6 is 0 Å². The molecule has 4 fully saturated rings. The molecule has 4 aliphatic rings. The number of hydrogen-bond donors (Lipinski definition) is 4. The number of aliphatic carboxylic acids is 1. The molecule has 29 heavy (non-hydrogen) atoms. The number of fused-ring (bicyclic) bond motifs is 5. The summed E-state index contributed by atoms with van der Waals surface area (Å²) in [6.07, 6.45) is 5.87. The Bertz CT molecular complexity index is 637. The average molecular weight is 409 g/mol. The molecule has 166 valence electrons. The Morgan fingerprint density at radius 2 is 1.59 bits per heavy atom. The summed E-state index contributed by atoms with van der Waals surface area (Å²) >= 11 is 0. The van der Waals surface area contributed by atoms with E-state index in [4.69, 9.17) is 5.11 Å². The van der Waals surface area contributed by atoms with Gasteiger partial charge in [0.15, 0.2) is 0 Å². The molecule has 0 radical (unpaired) electrons. The number of carbonyl (C=O) groups is 1. The molecular formula is C24H40O5. The Labute approximate surface area is 174 Å². The second-order valence-electron chi connectivity index (χ2n) is 11.4. The molecule has 0 heterocycles. The van der Waals surface area contributed by atoms with E-state index in [0.29, 0.717) is 36.5 Å². The van der Waals surface area contributed by atoms with Gasteiger partial charge < -0.3 is 20.4 Å². The summed E-state index contributed by atoms with van der Waals surface area (Å²) in [5, 5.41) is 41.3. The monoisotopic (exact) mass is 408 g/mol. The van der Waals surface area contributed by atoms with Gasteiger partial charge in [-0.3, -0.25) is 4.79 Å². The molecule has 0 bridgehead atoms. The van der Waals surface area contributed by atoms with E-state index in [9.17, 15) is 20.1 Å². The Morgan fingerprint density at radius 3 is 2.28 bits per heavy atom. The van der Waals surface area contributed by atoms with Crippen molar-refractivity contribution in [1.29, 1.82) is 0 Å². The number of hydrogen-bond acceptors (Lipinski definition) is 4. The molecule has 0 amide bonds. The van der Waals surface area contributed by atoms with E-state index < -0.39 is 24.3 Å². The molecule has 1 unspecified atom stereocenters.